The molecule has 0 amide bonds. The summed E-state index contributed by atoms with van der Waals surface area (Å²) >= 11 is 1.97. The Morgan fingerprint density at radius 1 is 1.43 bits per heavy atom. The molecule has 0 saturated carbocycles. The number of halogens is 4. The van der Waals surface area contributed by atoms with Crippen molar-refractivity contribution in [3.8, 4) is 0 Å². The SMILES string of the molecule is CN=C(NCC1(C)CCCS1)NC1CCN(CC(F)(F)F)C1.I. The van der Waals surface area contributed by atoms with E-state index in [1.54, 1.807) is 7.05 Å². The molecule has 0 aromatic heterocycles. The molecule has 0 aromatic carbocycles. The number of aliphatic imine (C=N–C) groups is 1. The lowest BCUT2D eigenvalue weighted by Gasteiger charge is -2.25. The van der Waals surface area contributed by atoms with Crippen LogP contribution in [0.1, 0.15) is 26.2 Å². The zero-order valence-corrected chi connectivity index (χ0v) is 16.7. The van der Waals surface area contributed by atoms with Gasteiger partial charge in [0.2, 0.25) is 0 Å². The summed E-state index contributed by atoms with van der Waals surface area (Å²) in [5.74, 6) is 1.88. The summed E-state index contributed by atoms with van der Waals surface area (Å²) in [6, 6.07) is 0.0255. The maximum Gasteiger partial charge on any atom is 0.401 e. The first-order valence-electron chi connectivity index (χ1n) is 7.70. The molecule has 2 atom stereocenters. The predicted molar refractivity (Wildman–Crippen MR) is 101 cm³/mol. The third kappa shape index (κ3) is 7.25. The van der Waals surface area contributed by atoms with Crippen molar-refractivity contribution in [2.24, 2.45) is 4.99 Å². The van der Waals surface area contributed by atoms with Gasteiger partial charge in [-0.05, 0) is 31.9 Å². The first kappa shape index (κ1) is 21.1. The van der Waals surface area contributed by atoms with Gasteiger partial charge in [-0.1, -0.05) is 0 Å². The molecule has 0 aliphatic carbocycles. The van der Waals surface area contributed by atoms with Crippen molar-refractivity contribution in [3.63, 3.8) is 0 Å². The molecule has 0 bridgehead atoms. The first-order valence-corrected chi connectivity index (χ1v) is 8.68. The highest BCUT2D eigenvalue weighted by Gasteiger charge is 2.35. The summed E-state index contributed by atoms with van der Waals surface area (Å²) in [6.07, 6.45) is -0.986. The van der Waals surface area contributed by atoms with Crippen LogP contribution in [0.2, 0.25) is 0 Å². The van der Waals surface area contributed by atoms with E-state index in [1.165, 1.54) is 23.5 Å². The molecule has 2 saturated heterocycles. The van der Waals surface area contributed by atoms with Gasteiger partial charge in [-0.2, -0.15) is 24.9 Å². The summed E-state index contributed by atoms with van der Waals surface area (Å²) in [5.41, 5.74) is 0. The largest absolute Gasteiger partial charge is 0.401 e. The number of guanidine groups is 1. The number of hydrogen-bond acceptors (Lipinski definition) is 3. The van der Waals surface area contributed by atoms with E-state index in [-0.39, 0.29) is 34.8 Å². The number of nitrogens with one attached hydrogen (secondary N) is 2. The van der Waals surface area contributed by atoms with Crippen molar-refractivity contribution >= 4 is 41.7 Å². The van der Waals surface area contributed by atoms with Crippen molar-refractivity contribution < 1.29 is 13.2 Å². The van der Waals surface area contributed by atoms with Crippen LogP contribution in [0.15, 0.2) is 4.99 Å². The van der Waals surface area contributed by atoms with Gasteiger partial charge in [0.1, 0.15) is 0 Å². The van der Waals surface area contributed by atoms with E-state index in [0.29, 0.717) is 25.5 Å². The molecule has 23 heavy (non-hydrogen) atoms. The second-order valence-corrected chi connectivity index (χ2v) is 7.99. The van der Waals surface area contributed by atoms with Gasteiger partial charge in [0, 0.05) is 37.5 Å². The van der Waals surface area contributed by atoms with Crippen LogP contribution in [0.4, 0.5) is 13.2 Å². The lowest BCUT2D eigenvalue weighted by Crippen LogP contribution is -2.48. The highest BCUT2D eigenvalue weighted by atomic mass is 127. The summed E-state index contributed by atoms with van der Waals surface area (Å²) in [4.78, 5) is 5.63. The normalized spacial score (nSPS) is 29.4. The molecule has 2 rings (SSSR count). The topological polar surface area (TPSA) is 39.7 Å². The zero-order valence-electron chi connectivity index (χ0n) is 13.6. The van der Waals surface area contributed by atoms with Crippen molar-refractivity contribution in [3.05, 3.63) is 0 Å². The van der Waals surface area contributed by atoms with Crippen LogP contribution in [0.5, 0.6) is 0 Å². The van der Waals surface area contributed by atoms with Crippen LogP contribution in [-0.2, 0) is 0 Å². The number of thioether (sulfide) groups is 1. The van der Waals surface area contributed by atoms with Crippen molar-refractivity contribution in [1.82, 2.24) is 15.5 Å². The molecule has 2 unspecified atom stereocenters. The molecule has 4 nitrogen and oxygen atoms in total. The Kier molecular flexibility index (Phi) is 8.26. The summed E-state index contributed by atoms with van der Waals surface area (Å²) in [5, 5.41) is 6.56. The summed E-state index contributed by atoms with van der Waals surface area (Å²) < 4.78 is 37.4. The minimum atomic E-state index is -4.12. The highest BCUT2D eigenvalue weighted by Crippen LogP contribution is 2.36. The molecule has 136 valence electrons. The smallest absolute Gasteiger partial charge is 0.355 e. The van der Waals surface area contributed by atoms with Gasteiger partial charge in [0.05, 0.1) is 6.54 Å². The minimum Gasteiger partial charge on any atom is -0.355 e. The molecule has 9 heteroatoms. The van der Waals surface area contributed by atoms with E-state index in [0.717, 1.165) is 6.54 Å². The van der Waals surface area contributed by atoms with Crippen LogP contribution >= 0.6 is 35.7 Å². The number of likely N-dealkylation sites (tertiary alicyclic amines) is 1. The molecule has 2 heterocycles. The number of nitrogens with zero attached hydrogens (tertiary/aromatic N) is 2. The molecular weight excluding hydrogens is 440 g/mol. The summed E-state index contributed by atoms with van der Waals surface area (Å²) in [7, 11) is 1.70. The van der Waals surface area contributed by atoms with E-state index < -0.39 is 12.7 Å². The molecule has 2 aliphatic heterocycles. The average Bonchev–Trinajstić information content (AvgIpc) is 3.03. The number of alkyl halides is 3. The van der Waals surface area contributed by atoms with Crippen LogP contribution in [-0.4, -0.2) is 66.8 Å². The number of rotatable bonds is 4. The molecule has 0 radical (unpaired) electrons. The maximum absolute atomic E-state index is 12.4. The van der Waals surface area contributed by atoms with E-state index in [9.17, 15) is 13.2 Å². The Bertz CT molecular complexity index is 400. The van der Waals surface area contributed by atoms with E-state index in [4.69, 9.17) is 0 Å². The van der Waals surface area contributed by atoms with Crippen LogP contribution < -0.4 is 10.6 Å². The van der Waals surface area contributed by atoms with Gasteiger partial charge >= 0.3 is 6.18 Å². The lowest BCUT2D eigenvalue weighted by molar-refractivity contribution is -0.143. The summed E-state index contributed by atoms with van der Waals surface area (Å²) in [6.45, 7) is 3.13. The molecular formula is C14H26F3IN4S. The molecule has 0 aromatic rings. The van der Waals surface area contributed by atoms with Gasteiger partial charge in [-0.25, -0.2) is 0 Å². The van der Waals surface area contributed by atoms with Gasteiger partial charge in [-0.15, -0.1) is 24.0 Å². The quantitative estimate of drug-likeness (QED) is 0.380. The van der Waals surface area contributed by atoms with E-state index in [2.05, 4.69) is 22.5 Å². The fourth-order valence-electron chi connectivity index (χ4n) is 2.98. The van der Waals surface area contributed by atoms with Crippen LogP contribution in [0.3, 0.4) is 0 Å². The van der Waals surface area contributed by atoms with Crippen molar-refractivity contribution in [2.45, 2.75) is 43.2 Å². The van der Waals surface area contributed by atoms with Gasteiger partial charge in [-0.3, -0.25) is 9.89 Å². The lowest BCUT2D eigenvalue weighted by atomic mass is 10.1. The monoisotopic (exact) mass is 466 g/mol. The second kappa shape index (κ2) is 8.98. The molecule has 2 N–H and O–H groups in total. The molecule has 2 aliphatic rings. The van der Waals surface area contributed by atoms with Gasteiger partial charge in [0.25, 0.3) is 0 Å². The predicted octanol–water partition coefficient (Wildman–Crippen LogP) is 2.69. The standard InChI is InChI=1S/C14H25F3N4S.HI/c1-13(5-3-7-22-13)9-19-12(18-2)20-11-4-6-21(8-11)10-14(15,16)17;/h11H,3-10H2,1-2H3,(H2,18,19,20);1H. The third-order valence-corrected chi connectivity index (χ3v) is 5.71. The minimum absolute atomic E-state index is 0. The van der Waals surface area contributed by atoms with Crippen molar-refractivity contribution in [1.29, 1.82) is 0 Å². The third-order valence-electron chi connectivity index (χ3n) is 4.17. The zero-order chi connectivity index (χ0) is 16.2. The average molecular weight is 466 g/mol. The van der Waals surface area contributed by atoms with E-state index in [1.807, 2.05) is 11.8 Å². The van der Waals surface area contributed by atoms with Gasteiger partial charge in [0.15, 0.2) is 5.96 Å². The molecule has 2 fully saturated rings. The fourth-order valence-corrected chi connectivity index (χ4v) is 4.23. The van der Waals surface area contributed by atoms with Crippen LogP contribution in [0, 0.1) is 0 Å². The second-order valence-electron chi connectivity index (χ2n) is 6.31. The Morgan fingerprint density at radius 3 is 2.74 bits per heavy atom. The maximum atomic E-state index is 12.4. The Labute approximate surface area is 157 Å². The Balaban J connectivity index is 0.00000264. The molecule has 0 spiro atoms. The van der Waals surface area contributed by atoms with Gasteiger partial charge < -0.3 is 10.6 Å². The fraction of sp³-hybridized carbons (Fsp3) is 0.929. The number of hydrogen-bond donors (Lipinski definition) is 2. The first-order chi connectivity index (χ1) is 10.3. The highest BCUT2D eigenvalue weighted by molar-refractivity contribution is 14.0. The van der Waals surface area contributed by atoms with Crippen molar-refractivity contribution in [2.75, 3.05) is 39.0 Å². The van der Waals surface area contributed by atoms with Crippen LogP contribution in [0.25, 0.3) is 0 Å². The van der Waals surface area contributed by atoms with E-state index >= 15 is 0 Å². The Morgan fingerprint density at radius 2 is 2.17 bits per heavy atom. The Hall–Kier alpha value is 0.1000.